The molecular weight excluding hydrogens is 352 g/mol. The predicted octanol–water partition coefficient (Wildman–Crippen LogP) is 0.201. The summed E-state index contributed by atoms with van der Waals surface area (Å²) in [5.41, 5.74) is 7.38. The molecule has 0 spiro atoms. The third-order valence-corrected chi connectivity index (χ3v) is 4.59. The third kappa shape index (κ3) is 3.02. The first-order valence-corrected chi connectivity index (χ1v) is 8.58. The quantitative estimate of drug-likeness (QED) is 0.572. The lowest BCUT2D eigenvalue weighted by molar-refractivity contribution is -0.107. The van der Waals surface area contributed by atoms with Gasteiger partial charge in [-0.25, -0.2) is 15.0 Å². The Morgan fingerprint density at radius 2 is 2.15 bits per heavy atom. The van der Waals surface area contributed by atoms with E-state index in [1.54, 1.807) is 18.5 Å². The molecule has 4 rings (SSSR count). The molecule has 4 heterocycles. The monoisotopic (exact) mass is 372 g/mol. The summed E-state index contributed by atoms with van der Waals surface area (Å²) in [6.07, 6.45) is 1.39. The molecular formula is C17H20N6O4. The van der Waals surface area contributed by atoms with Crippen LogP contribution in [-0.4, -0.2) is 59.6 Å². The van der Waals surface area contributed by atoms with Crippen LogP contribution in [0.4, 0.5) is 5.82 Å². The molecule has 0 aliphatic carbocycles. The first kappa shape index (κ1) is 17.7. The number of nitrogens with zero attached hydrogens (tertiary/aromatic N) is 5. The van der Waals surface area contributed by atoms with Gasteiger partial charge in [-0.1, -0.05) is 6.07 Å². The van der Waals surface area contributed by atoms with Crippen LogP contribution in [0.15, 0.2) is 37.2 Å². The van der Waals surface area contributed by atoms with E-state index in [0.29, 0.717) is 17.8 Å². The molecule has 0 saturated carbocycles. The molecule has 0 aromatic carbocycles. The van der Waals surface area contributed by atoms with Crippen LogP contribution in [0.3, 0.4) is 0 Å². The fourth-order valence-electron chi connectivity index (χ4n) is 3.33. The van der Waals surface area contributed by atoms with Crippen molar-refractivity contribution in [3.8, 4) is 0 Å². The second-order valence-electron chi connectivity index (χ2n) is 6.22. The molecule has 27 heavy (non-hydrogen) atoms. The highest BCUT2D eigenvalue weighted by Gasteiger charge is 2.48. The lowest BCUT2D eigenvalue weighted by atomic mass is 10.0. The van der Waals surface area contributed by atoms with Crippen LogP contribution >= 0.6 is 0 Å². The van der Waals surface area contributed by atoms with Gasteiger partial charge in [0.15, 0.2) is 17.7 Å². The molecule has 1 unspecified atom stereocenters. The number of nitrogen functional groups attached to an aromatic ring is 1. The summed E-state index contributed by atoms with van der Waals surface area (Å²) in [6.45, 7) is 2.26. The van der Waals surface area contributed by atoms with Crippen molar-refractivity contribution in [1.29, 1.82) is 0 Å². The summed E-state index contributed by atoms with van der Waals surface area (Å²) in [4.78, 5) is 16.3. The number of fused-ring (bicyclic) bond motifs is 1. The van der Waals surface area contributed by atoms with Crippen LogP contribution < -0.4 is 5.73 Å². The average Bonchev–Trinajstić information content (AvgIpc) is 3.24. The maximum Gasteiger partial charge on any atom is 0.167 e. The van der Waals surface area contributed by atoms with Crippen molar-refractivity contribution >= 4 is 17.0 Å². The van der Waals surface area contributed by atoms with Gasteiger partial charge in [0, 0.05) is 24.6 Å². The van der Waals surface area contributed by atoms with Gasteiger partial charge in [-0.15, -0.1) is 0 Å². The van der Waals surface area contributed by atoms with E-state index in [1.165, 1.54) is 17.2 Å². The lowest BCUT2D eigenvalue weighted by Crippen LogP contribution is -2.35. The van der Waals surface area contributed by atoms with Crippen molar-refractivity contribution < 1.29 is 19.7 Å². The van der Waals surface area contributed by atoms with E-state index in [9.17, 15) is 10.2 Å². The zero-order valence-corrected chi connectivity index (χ0v) is 14.6. The zero-order chi connectivity index (χ0) is 19.0. The standard InChI is InChI=1S/C17H20N6O4/c1-2-26-13(9-4-3-5-19-6-9)14-11(24)12(25)17(27-14)23-8-22-10-15(18)20-7-21-16(10)23/h3-8,11-14,17,24-25H,2H2,1H3,(H2,18,20,21)/t11-,12+,13?,14-,17+/m0/s1. The highest BCUT2D eigenvalue weighted by molar-refractivity contribution is 5.81. The zero-order valence-electron chi connectivity index (χ0n) is 14.6. The number of nitrogens with two attached hydrogens (primary N) is 1. The van der Waals surface area contributed by atoms with E-state index in [-0.39, 0.29) is 5.82 Å². The van der Waals surface area contributed by atoms with Gasteiger partial charge in [0.05, 0.1) is 6.33 Å². The fraction of sp³-hybridized carbons (Fsp3) is 0.412. The molecule has 0 amide bonds. The molecule has 0 bridgehead atoms. The summed E-state index contributed by atoms with van der Waals surface area (Å²) >= 11 is 0. The van der Waals surface area contributed by atoms with Gasteiger partial charge in [-0.3, -0.25) is 9.55 Å². The number of imidazole rings is 1. The van der Waals surface area contributed by atoms with Crippen molar-refractivity contribution in [2.45, 2.75) is 37.6 Å². The Hall–Kier alpha value is -2.66. The third-order valence-electron chi connectivity index (χ3n) is 4.59. The molecule has 142 valence electrons. The molecule has 3 aromatic heterocycles. The Morgan fingerprint density at radius 3 is 2.89 bits per heavy atom. The van der Waals surface area contributed by atoms with E-state index in [2.05, 4.69) is 19.9 Å². The highest BCUT2D eigenvalue weighted by atomic mass is 16.6. The van der Waals surface area contributed by atoms with Crippen LogP contribution in [0.1, 0.15) is 24.8 Å². The van der Waals surface area contributed by atoms with Gasteiger partial charge in [-0.2, -0.15) is 0 Å². The summed E-state index contributed by atoms with van der Waals surface area (Å²) in [5.74, 6) is 0.228. The normalized spacial score (nSPS) is 26.5. The van der Waals surface area contributed by atoms with Crippen molar-refractivity contribution in [2.75, 3.05) is 12.3 Å². The molecule has 3 aromatic rings. The van der Waals surface area contributed by atoms with Crippen LogP contribution in [0, 0.1) is 0 Å². The van der Waals surface area contributed by atoms with Crippen molar-refractivity contribution in [1.82, 2.24) is 24.5 Å². The molecule has 10 nitrogen and oxygen atoms in total. The molecule has 1 saturated heterocycles. The Balaban J connectivity index is 1.68. The maximum atomic E-state index is 10.6. The van der Waals surface area contributed by atoms with Crippen LogP contribution in [0.2, 0.25) is 0 Å². The van der Waals surface area contributed by atoms with Gasteiger partial charge < -0.3 is 25.4 Å². The van der Waals surface area contributed by atoms with E-state index in [0.717, 1.165) is 5.56 Å². The smallest absolute Gasteiger partial charge is 0.167 e. The Labute approximate surface area is 154 Å². The first-order valence-electron chi connectivity index (χ1n) is 8.58. The Morgan fingerprint density at radius 1 is 1.30 bits per heavy atom. The number of aromatic nitrogens is 5. The highest BCUT2D eigenvalue weighted by Crippen LogP contribution is 2.38. The Bertz CT molecular complexity index is 920. The van der Waals surface area contributed by atoms with Gasteiger partial charge in [0.25, 0.3) is 0 Å². The number of aliphatic hydroxyl groups excluding tert-OH is 2. The summed E-state index contributed by atoms with van der Waals surface area (Å²) < 4.78 is 13.3. The number of aliphatic hydroxyl groups is 2. The van der Waals surface area contributed by atoms with Crippen molar-refractivity contribution in [3.63, 3.8) is 0 Å². The largest absolute Gasteiger partial charge is 0.387 e. The minimum atomic E-state index is -1.21. The molecule has 0 radical (unpaired) electrons. The average molecular weight is 372 g/mol. The number of rotatable bonds is 5. The number of hydrogen-bond acceptors (Lipinski definition) is 9. The van der Waals surface area contributed by atoms with Gasteiger partial charge in [0.2, 0.25) is 0 Å². The van der Waals surface area contributed by atoms with Crippen molar-refractivity contribution in [3.05, 3.63) is 42.7 Å². The summed E-state index contributed by atoms with van der Waals surface area (Å²) in [7, 11) is 0. The molecule has 1 aliphatic heterocycles. The second-order valence-corrected chi connectivity index (χ2v) is 6.22. The van der Waals surface area contributed by atoms with Gasteiger partial charge in [-0.05, 0) is 13.0 Å². The minimum absolute atomic E-state index is 0.228. The number of anilines is 1. The molecule has 1 aliphatic rings. The first-order chi connectivity index (χ1) is 13.1. The number of pyridine rings is 1. The predicted molar refractivity (Wildman–Crippen MR) is 94.3 cm³/mol. The molecule has 10 heteroatoms. The Kier molecular flexibility index (Phi) is 4.70. The number of ether oxygens (including phenoxy) is 2. The van der Waals surface area contributed by atoms with E-state index >= 15 is 0 Å². The maximum absolute atomic E-state index is 10.6. The molecule has 4 N–H and O–H groups in total. The van der Waals surface area contributed by atoms with Crippen LogP contribution in [0.25, 0.3) is 11.2 Å². The topological polar surface area (TPSA) is 141 Å². The second kappa shape index (κ2) is 7.16. The fourth-order valence-corrected chi connectivity index (χ4v) is 3.33. The van der Waals surface area contributed by atoms with E-state index in [1.807, 2.05) is 13.0 Å². The minimum Gasteiger partial charge on any atom is -0.387 e. The van der Waals surface area contributed by atoms with Crippen LogP contribution in [0.5, 0.6) is 0 Å². The number of hydrogen-bond donors (Lipinski definition) is 3. The van der Waals surface area contributed by atoms with Gasteiger partial charge >= 0.3 is 0 Å². The lowest BCUT2D eigenvalue weighted by Gasteiger charge is -2.25. The van der Waals surface area contributed by atoms with Gasteiger partial charge in [0.1, 0.15) is 36.3 Å². The molecule has 1 fully saturated rings. The van der Waals surface area contributed by atoms with E-state index in [4.69, 9.17) is 15.2 Å². The SMILES string of the molecule is CCOC(c1cccnc1)[C@H]1O[C@@H](n2cnc3c(N)ncnc32)[C@H](O)[C@@H]1O. The van der Waals surface area contributed by atoms with Crippen molar-refractivity contribution in [2.24, 2.45) is 0 Å². The summed E-state index contributed by atoms with van der Waals surface area (Å²) in [5, 5.41) is 21.3. The van der Waals surface area contributed by atoms with Crippen LogP contribution in [-0.2, 0) is 9.47 Å². The molecule has 5 atom stereocenters. The van der Waals surface area contributed by atoms with E-state index < -0.39 is 30.6 Å². The summed E-state index contributed by atoms with van der Waals surface area (Å²) in [6, 6.07) is 3.61.